The largest absolute Gasteiger partial charge is 0.493 e. The molecular formula is C25H26ClN3O5. The van der Waals surface area contributed by atoms with Crippen molar-refractivity contribution in [1.29, 1.82) is 0 Å². The lowest BCUT2D eigenvalue weighted by Gasteiger charge is -2.18. The van der Waals surface area contributed by atoms with Crippen LogP contribution in [0.2, 0.25) is 0 Å². The van der Waals surface area contributed by atoms with Crippen molar-refractivity contribution in [2.45, 2.75) is 6.92 Å². The van der Waals surface area contributed by atoms with Crippen LogP contribution in [-0.4, -0.2) is 52.8 Å². The number of carbonyl (C=O) groups is 2. The molecule has 9 heteroatoms. The van der Waals surface area contributed by atoms with Gasteiger partial charge in [-0.05, 0) is 55.0 Å². The lowest BCUT2D eigenvalue weighted by atomic mass is 10.0. The van der Waals surface area contributed by atoms with E-state index >= 15 is 0 Å². The SMILES string of the molecule is COc1cc(C(=O)NC2=C/C(=N\c3ccc(N(C)C)cc3)C(C)=C(Cl)C2=O)cc(OC)c1OC. The molecule has 0 bridgehead atoms. The van der Waals surface area contributed by atoms with Gasteiger partial charge in [-0.3, -0.25) is 9.59 Å². The number of hydrogen-bond acceptors (Lipinski definition) is 7. The number of amides is 1. The zero-order valence-corrected chi connectivity index (χ0v) is 20.6. The fourth-order valence-corrected chi connectivity index (χ4v) is 3.49. The molecule has 1 amide bonds. The van der Waals surface area contributed by atoms with Crippen LogP contribution in [0.15, 0.2) is 63.8 Å². The molecule has 0 atom stereocenters. The Kier molecular flexibility index (Phi) is 7.63. The molecule has 3 rings (SSSR count). The first-order valence-electron chi connectivity index (χ1n) is 10.3. The first-order valence-corrected chi connectivity index (χ1v) is 10.7. The number of Topliss-reactive ketones (excluding diaryl/α,β-unsaturated/α-hetero) is 1. The van der Waals surface area contributed by atoms with Gasteiger partial charge in [-0.15, -0.1) is 0 Å². The molecule has 1 N–H and O–H groups in total. The van der Waals surface area contributed by atoms with E-state index in [1.807, 2.05) is 43.3 Å². The predicted octanol–water partition coefficient (Wildman–Crippen LogP) is 4.26. The van der Waals surface area contributed by atoms with Crippen LogP contribution in [-0.2, 0) is 4.79 Å². The van der Waals surface area contributed by atoms with Crippen LogP contribution >= 0.6 is 11.6 Å². The maximum Gasteiger partial charge on any atom is 0.256 e. The summed E-state index contributed by atoms with van der Waals surface area (Å²) in [6, 6.07) is 10.6. The zero-order valence-electron chi connectivity index (χ0n) is 19.9. The maximum absolute atomic E-state index is 13.0. The molecule has 0 unspecified atom stereocenters. The Balaban J connectivity index is 1.94. The lowest BCUT2D eigenvalue weighted by molar-refractivity contribution is -0.112. The second-order valence-electron chi connectivity index (χ2n) is 7.60. The summed E-state index contributed by atoms with van der Waals surface area (Å²) in [6.07, 6.45) is 1.51. The summed E-state index contributed by atoms with van der Waals surface area (Å²) in [5.74, 6) is -0.0634. The van der Waals surface area contributed by atoms with E-state index in [0.29, 0.717) is 34.2 Å². The molecule has 1 aliphatic carbocycles. The van der Waals surface area contributed by atoms with Crippen LogP contribution in [0.25, 0.3) is 0 Å². The molecule has 2 aromatic carbocycles. The van der Waals surface area contributed by atoms with Gasteiger partial charge in [-0.1, -0.05) is 11.6 Å². The fourth-order valence-electron chi connectivity index (χ4n) is 3.29. The van der Waals surface area contributed by atoms with E-state index < -0.39 is 11.7 Å². The number of allylic oxidation sites excluding steroid dienone is 3. The van der Waals surface area contributed by atoms with Crippen molar-refractivity contribution in [2.75, 3.05) is 40.3 Å². The van der Waals surface area contributed by atoms with E-state index in [9.17, 15) is 9.59 Å². The maximum atomic E-state index is 13.0. The molecular weight excluding hydrogens is 458 g/mol. The molecule has 0 aliphatic heterocycles. The van der Waals surface area contributed by atoms with Gasteiger partial charge >= 0.3 is 0 Å². The van der Waals surface area contributed by atoms with Gasteiger partial charge in [0.2, 0.25) is 11.5 Å². The van der Waals surface area contributed by atoms with Crippen molar-refractivity contribution in [2.24, 2.45) is 4.99 Å². The molecule has 0 radical (unpaired) electrons. The van der Waals surface area contributed by atoms with Crippen LogP contribution in [0.1, 0.15) is 17.3 Å². The minimum absolute atomic E-state index is 0.00801. The molecule has 0 heterocycles. The molecule has 0 saturated heterocycles. The second-order valence-corrected chi connectivity index (χ2v) is 7.98. The topological polar surface area (TPSA) is 89.5 Å². The van der Waals surface area contributed by atoms with Gasteiger partial charge < -0.3 is 24.4 Å². The zero-order chi connectivity index (χ0) is 25.0. The lowest BCUT2D eigenvalue weighted by Crippen LogP contribution is -2.31. The number of rotatable bonds is 7. The van der Waals surface area contributed by atoms with Crippen molar-refractivity contribution in [3.8, 4) is 17.2 Å². The first-order chi connectivity index (χ1) is 16.2. The highest BCUT2D eigenvalue weighted by Crippen LogP contribution is 2.38. The van der Waals surface area contributed by atoms with E-state index in [4.69, 9.17) is 25.8 Å². The number of ketones is 1. The summed E-state index contributed by atoms with van der Waals surface area (Å²) in [5, 5.41) is 2.62. The number of ether oxygens (including phenoxy) is 3. The number of benzene rings is 2. The molecule has 34 heavy (non-hydrogen) atoms. The number of methoxy groups -OCH3 is 3. The summed E-state index contributed by atoms with van der Waals surface area (Å²) in [6.45, 7) is 1.71. The molecule has 0 spiro atoms. The van der Waals surface area contributed by atoms with Crippen molar-refractivity contribution >= 4 is 40.4 Å². The molecule has 2 aromatic rings. The normalized spacial score (nSPS) is 14.6. The number of nitrogens with one attached hydrogen (secondary N) is 1. The number of halogens is 1. The van der Waals surface area contributed by atoms with Gasteiger partial charge in [-0.2, -0.15) is 0 Å². The Morgan fingerprint density at radius 1 is 1.00 bits per heavy atom. The van der Waals surface area contributed by atoms with Gasteiger partial charge in [0, 0.05) is 25.3 Å². The van der Waals surface area contributed by atoms with Gasteiger partial charge in [-0.25, -0.2) is 4.99 Å². The third-order valence-electron chi connectivity index (χ3n) is 5.23. The van der Waals surface area contributed by atoms with E-state index in [1.54, 1.807) is 6.92 Å². The van der Waals surface area contributed by atoms with E-state index in [1.165, 1.54) is 39.5 Å². The Morgan fingerprint density at radius 2 is 1.59 bits per heavy atom. The third kappa shape index (κ3) is 5.07. The van der Waals surface area contributed by atoms with Crippen LogP contribution in [0.4, 0.5) is 11.4 Å². The van der Waals surface area contributed by atoms with Crippen LogP contribution < -0.4 is 24.4 Å². The van der Waals surface area contributed by atoms with E-state index in [-0.39, 0.29) is 16.3 Å². The van der Waals surface area contributed by atoms with Crippen LogP contribution in [0.5, 0.6) is 17.2 Å². The third-order valence-corrected chi connectivity index (χ3v) is 5.68. The molecule has 0 saturated carbocycles. The minimum Gasteiger partial charge on any atom is -0.493 e. The molecule has 0 fully saturated rings. The quantitative estimate of drug-likeness (QED) is 0.592. The fraction of sp³-hybridized carbons (Fsp3) is 0.240. The smallest absolute Gasteiger partial charge is 0.256 e. The number of anilines is 1. The predicted molar refractivity (Wildman–Crippen MR) is 133 cm³/mol. The highest BCUT2D eigenvalue weighted by atomic mass is 35.5. The summed E-state index contributed by atoms with van der Waals surface area (Å²) < 4.78 is 15.9. The van der Waals surface area contributed by atoms with Crippen molar-refractivity contribution in [3.05, 3.63) is 64.3 Å². The average Bonchev–Trinajstić information content (AvgIpc) is 2.84. The number of hydrogen-bond donors (Lipinski definition) is 1. The minimum atomic E-state index is -0.544. The standard InChI is InChI=1S/C25H26ClN3O5/c1-14-18(27-16-7-9-17(10-8-16)29(2)3)13-19(23(30)22(14)26)28-25(31)15-11-20(32-4)24(34-6)21(12-15)33-5/h7-13H,1-6H3,(H,28,31)/b27-18+. The van der Waals surface area contributed by atoms with Crippen LogP contribution in [0.3, 0.4) is 0 Å². The summed E-state index contributed by atoms with van der Waals surface area (Å²) in [5.41, 5.74) is 2.94. The molecule has 8 nitrogen and oxygen atoms in total. The highest BCUT2D eigenvalue weighted by Gasteiger charge is 2.26. The first kappa shape index (κ1) is 24.9. The van der Waals surface area contributed by atoms with Crippen LogP contribution in [0, 0.1) is 0 Å². The number of aliphatic imine (C=N–C) groups is 1. The highest BCUT2D eigenvalue weighted by molar-refractivity contribution is 6.49. The summed E-state index contributed by atoms with van der Waals surface area (Å²) in [4.78, 5) is 32.3. The molecule has 0 aromatic heterocycles. The van der Waals surface area contributed by atoms with Crippen molar-refractivity contribution in [3.63, 3.8) is 0 Å². The van der Waals surface area contributed by atoms with Gasteiger partial charge in [0.15, 0.2) is 11.5 Å². The number of carbonyl (C=O) groups excluding carboxylic acids is 2. The van der Waals surface area contributed by atoms with Gasteiger partial charge in [0.05, 0.1) is 43.5 Å². The Labute approximate surface area is 203 Å². The van der Waals surface area contributed by atoms with E-state index in [2.05, 4.69) is 10.3 Å². The molecule has 1 aliphatic rings. The van der Waals surface area contributed by atoms with Crippen molar-refractivity contribution < 1.29 is 23.8 Å². The monoisotopic (exact) mass is 483 g/mol. The Bertz CT molecular complexity index is 1190. The second kappa shape index (κ2) is 10.4. The van der Waals surface area contributed by atoms with E-state index in [0.717, 1.165) is 5.69 Å². The Morgan fingerprint density at radius 3 is 2.09 bits per heavy atom. The average molecular weight is 484 g/mol. The summed E-state index contributed by atoms with van der Waals surface area (Å²) in [7, 11) is 8.27. The van der Waals surface area contributed by atoms with Gasteiger partial charge in [0.25, 0.3) is 5.91 Å². The molecule has 178 valence electrons. The summed E-state index contributed by atoms with van der Waals surface area (Å²) >= 11 is 6.30. The Hall–Kier alpha value is -3.78. The van der Waals surface area contributed by atoms with Crippen molar-refractivity contribution in [1.82, 2.24) is 5.32 Å². The number of nitrogens with zero attached hydrogens (tertiary/aromatic N) is 2. The van der Waals surface area contributed by atoms with Gasteiger partial charge in [0.1, 0.15) is 0 Å².